The van der Waals surface area contributed by atoms with Crippen molar-refractivity contribution in [3.05, 3.63) is 212 Å². The summed E-state index contributed by atoms with van der Waals surface area (Å²) in [5.41, 5.74) is 14.5. The van der Waals surface area contributed by atoms with E-state index in [1.54, 1.807) is 0 Å². The highest BCUT2D eigenvalue weighted by molar-refractivity contribution is 5.90. The van der Waals surface area contributed by atoms with Gasteiger partial charge in [0, 0.05) is 28.0 Å². The molecule has 1 aromatic heterocycles. The van der Waals surface area contributed by atoms with Gasteiger partial charge in [-0.05, 0) is 99.1 Å². The Kier molecular flexibility index (Phi) is 8.24. The van der Waals surface area contributed by atoms with Gasteiger partial charge in [-0.1, -0.05) is 158 Å². The molecule has 0 fully saturated rings. The lowest BCUT2D eigenvalue weighted by Gasteiger charge is -2.27. The van der Waals surface area contributed by atoms with Gasteiger partial charge in [0.05, 0.1) is 0 Å². The van der Waals surface area contributed by atoms with Gasteiger partial charge in [-0.3, -0.25) is 0 Å². The summed E-state index contributed by atoms with van der Waals surface area (Å²) < 4.78 is 6.33. The Morgan fingerprint density at radius 2 is 0.808 bits per heavy atom. The second-order valence-corrected chi connectivity index (χ2v) is 13.0. The first-order valence-corrected chi connectivity index (χ1v) is 17.7. The van der Waals surface area contributed by atoms with Crippen LogP contribution < -0.4 is 4.90 Å². The highest BCUT2D eigenvalue weighted by Crippen LogP contribution is 2.42. The summed E-state index contributed by atoms with van der Waals surface area (Å²) >= 11 is 0. The molecule has 8 aromatic carbocycles. The Hall–Kier alpha value is -6.90. The Morgan fingerprint density at radius 3 is 1.44 bits per heavy atom. The first kappa shape index (κ1) is 31.1. The smallest absolute Gasteiger partial charge is 0.136 e. The fraction of sp³-hybridized carbons (Fsp3) is 0. The van der Waals surface area contributed by atoms with E-state index in [1.807, 2.05) is 18.2 Å². The van der Waals surface area contributed by atoms with Crippen molar-refractivity contribution < 1.29 is 4.42 Å². The van der Waals surface area contributed by atoms with E-state index in [0.717, 1.165) is 61.6 Å². The molecule has 0 aliphatic rings. The van der Waals surface area contributed by atoms with Gasteiger partial charge in [-0.25, -0.2) is 0 Å². The number of fused-ring (bicyclic) bond motifs is 1. The molecule has 0 unspecified atom stereocenters. The minimum Gasteiger partial charge on any atom is -0.456 e. The number of anilines is 3. The molecule has 52 heavy (non-hydrogen) atoms. The van der Waals surface area contributed by atoms with Crippen LogP contribution in [0.2, 0.25) is 0 Å². The van der Waals surface area contributed by atoms with Crippen molar-refractivity contribution in [2.45, 2.75) is 0 Å². The third kappa shape index (κ3) is 6.19. The summed E-state index contributed by atoms with van der Waals surface area (Å²) in [6, 6.07) is 75.3. The summed E-state index contributed by atoms with van der Waals surface area (Å²) in [4.78, 5) is 2.38. The molecule has 0 aliphatic carbocycles. The van der Waals surface area contributed by atoms with Crippen LogP contribution in [0.15, 0.2) is 217 Å². The number of hydrogen-bond donors (Lipinski definition) is 0. The molecule has 0 radical (unpaired) electrons. The number of rotatable bonds is 8. The topological polar surface area (TPSA) is 16.4 Å². The maximum absolute atomic E-state index is 6.33. The Labute approximate surface area is 304 Å². The molecule has 0 spiro atoms. The average Bonchev–Trinajstić information content (AvgIpc) is 3.67. The van der Waals surface area contributed by atoms with Crippen molar-refractivity contribution in [1.82, 2.24) is 0 Å². The number of hydrogen-bond acceptors (Lipinski definition) is 2. The minimum absolute atomic E-state index is 0.867. The highest BCUT2D eigenvalue weighted by atomic mass is 16.3. The van der Waals surface area contributed by atoms with Gasteiger partial charge < -0.3 is 9.32 Å². The summed E-state index contributed by atoms with van der Waals surface area (Å²) in [6.07, 6.45) is 0. The summed E-state index contributed by atoms with van der Waals surface area (Å²) in [5.74, 6) is 0.867. The fourth-order valence-corrected chi connectivity index (χ4v) is 7.09. The van der Waals surface area contributed by atoms with Gasteiger partial charge in [0.15, 0.2) is 0 Å². The van der Waals surface area contributed by atoms with Crippen LogP contribution in [-0.4, -0.2) is 0 Å². The van der Waals surface area contributed by atoms with Crippen molar-refractivity contribution >= 4 is 28.0 Å². The molecule has 2 heteroatoms. The van der Waals surface area contributed by atoms with Crippen molar-refractivity contribution in [1.29, 1.82) is 0 Å². The monoisotopic (exact) mass is 665 g/mol. The van der Waals surface area contributed by atoms with Crippen LogP contribution in [0.5, 0.6) is 0 Å². The lowest BCUT2D eigenvalue weighted by atomic mass is 9.96. The third-order valence-electron chi connectivity index (χ3n) is 9.66. The van der Waals surface area contributed by atoms with Crippen LogP contribution in [0.3, 0.4) is 0 Å². The van der Waals surface area contributed by atoms with Gasteiger partial charge in [0.2, 0.25) is 0 Å². The number of nitrogens with zero attached hydrogens (tertiary/aromatic N) is 1. The number of para-hydroxylation sites is 1. The molecule has 9 rings (SSSR count). The van der Waals surface area contributed by atoms with Gasteiger partial charge in [-0.2, -0.15) is 0 Å². The van der Waals surface area contributed by atoms with E-state index in [9.17, 15) is 0 Å². The molecule has 0 N–H and O–H groups in total. The molecule has 0 aliphatic heterocycles. The van der Waals surface area contributed by atoms with Gasteiger partial charge >= 0.3 is 0 Å². The largest absolute Gasteiger partial charge is 0.456 e. The molecule has 246 valence electrons. The molecule has 0 saturated heterocycles. The van der Waals surface area contributed by atoms with Crippen LogP contribution in [0, 0.1) is 0 Å². The van der Waals surface area contributed by atoms with Gasteiger partial charge in [0.1, 0.15) is 11.3 Å². The molecular formula is C50H35NO. The highest BCUT2D eigenvalue weighted by Gasteiger charge is 2.18. The Morgan fingerprint density at radius 1 is 0.288 bits per heavy atom. The minimum atomic E-state index is 0.867. The van der Waals surface area contributed by atoms with Crippen LogP contribution in [0.4, 0.5) is 17.1 Å². The van der Waals surface area contributed by atoms with E-state index in [0.29, 0.717) is 0 Å². The standard InChI is InChI=1S/C50H35NO/c1-4-15-36(16-5-1)40-22-14-23-45(32-40)51(46-33-42(37-17-6-2-7-18-37)31-43(34-46)38-19-8-3-9-20-38)44-29-27-39(28-30-44)47-24-11-12-25-48(47)50-35-41-21-10-13-26-49(41)52-50/h1-35H. The van der Waals surface area contributed by atoms with E-state index in [2.05, 4.69) is 199 Å². The van der Waals surface area contributed by atoms with Crippen molar-refractivity contribution in [2.24, 2.45) is 0 Å². The summed E-state index contributed by atoms with van der Waals surface area (Å²) in [5, 5.41) is 1.10. The molecule has 0 amide bonds. The zero-order chi connectivity index (χ0) is 34.7. The van der Waals surface area contributed by atoms with Gasteiger partial charge in [-0.15, -0.1) is 0 Å². The maximum atomic E-state index is 6.33. The lowest BCUT2D eigenvalue weighted by Crippen LogP contribution is -2.10. The Balaban J connectivity index is 1.20. The van der Waals surface area contributed by atoms with Crippen LogP contribution in [0.1, 0.15) is 0 Å². The maximum Gasteiger partial charge on any atom is 0.136 e. The second-order valence-electron chi connectivity index (χ2n) is 13.0. The predicted octanol–water partition coefficient (Wildman–Crippen LogP) is 14.2. The molecule has 2 nitrogen and oxygen atoms in total. The second kappa shape index (κ2) is 13.8. The van der Waals surface area contributed by atoms with E-state index in [1.165, 1.54) is 22.3 Å². The van der Waals surface area contributed by atoms with E-state index in [4.69, 9.17) is 4.42 Å². The van der Waals surface area contributed by atoms with E-state index < -0.39 is 0 Å². The van der Waals surface area contributed by atoms with Crippen molar-refractivity contribution in [3.8, 4) is 55.8 Å². The fourth-order valence-electron chi connectivity index (χ4n) is 7.09. The van der Waals surface area contributed by atoms with Crippen LogP contribution >= 0.6 is 0 Å². The number of benzene rings is 8. The number of furan rings is 1. The summed E-state index contributed by atoms with van der Waals surface area (Å²) in [7, 11) is 0. The normalized spacial score (nSPS) is 11.1. The average molecular weight is 666 g/mol. The molecule has 9 aromatic rings. The lowest BCUT2D eigenvalue weighted by molar-refractivity contribution is 0.632. The third-order valence-corrected chi connectivity index (χ3v) is 9.66. The van der Waals surface area contributed by atoms with Crippen molar-refractivity contribution in [2.75, 3.05) is 4.90 Å². The van der Waals surface area contributed by atoms with E-state index >= 15 is 0 Å². The van der Waals surface area contributed by atoms with Crippen molar-refractivity contribution in [3.63, 3.8) is 0 Å². The van der Waals surface area contributed by atoms with Crippen LogP contribution in [-0.2, 0) is 0 Å². The molecule has 0 saturated carbocycles. The predicted molar refractivity (Wildman–Crippen MR) is 218 cm³/mol. The van der Waals surface area contributed by atoms with Crippen LogP contribution in [0.25, 0.3) is 66.8 Å². The Bertz CT molecular complexity index is 2510. The molecular weight excluding hydrogens is 631 g/mol. The van der Waals surface area contributed by atoms with Gasteiger partial charge in [0.25, 0.3) is 0 Å². The zero-order valence-corrected chi connectivity index (χ0v) is 28.6. The quantitative estimate of drug-likeness (QED) is 0.161. The summed E-state index contributed by atoms with van der Waals surface area (Å²) in [6.45, 7) is 0. The molecule has 0 atom stereocenters. The first-order chi connectivity index (χ1) is 25.8. The first-order valence-electron chi connectivity index (χ1n) is 17.7. The van der Waals surface area contributed by atoms with E-state index in [-0.39, 0.29) is 0 Å². The SMILES string of the molecule is c1ccc(-c2cccc(N(c3ccc(-c4ccccc4-c4cc5ccccc5o4)cc3)c3cc(-c4ccccc4)cc(-c4ccccc4)c3)c2)cc1. The zero-order valence-electron chi connectivity index (χ0n) is 28.6. The molecule has 0 bridgehead atoms. The molecule has 1 heterocycles.